The zero-order chi connectivity index (χ0) is 20.0. The van der Waals surface area contributed by atoms with Gasteiger partial charge in [-0.05, 0) is 41.5 Å². The highest BCUT2D eigenvalue weighted by Crippen LogP contribution is 2.29. The number of pyridine rings is 1. The number of alkyl halides is 3. The topological polar surface area (TPSA) is 42.0 Å². The molecular weight excluding hydrogens is 365 g/mol. The molecule has 0 fully saturated rings. The van der Waals surface area contributed by atoms with Gasteiger partial charge < -0.3 is 5.32 Å². The zero-order valence-corrected chi connectivity index (χ0v) is 14.7. The molecule has 1 heterocycles. The standard InChI is InChI=1S/C22H17F3N2O/c23-22(24,25)18-12-9-16(10-13-18)11-14-20(28)27-21(17-6-2-1-3-7-17)19-8-4-5-15-26-19/h1-15,21H,(H,27,28)/b14-11+. The molecule has 0 aliphatic rings. The van der Waals surface area contributed by atoms with Crippen LogP contribution in [0.15, 0.2) is 85.1 Å². The fourth-order valence-corrected chi connectivity index (χ4v) is 2.67. The van der Waals surface area contributed by atoms with Gasteiger partial charge in [0, 0.05) is 12.3 Å². The molecule has 0 bridgehead atoms. The molecule has 28 heavy (non-hydrogen) atoms. The van der Waals surface area contributed by atoms with E-state index in [0.717, 1.165) is 17.7 Å². The molecule has 142 valence electrons. The summed E-state index contributed by atoms with van der Waals surface area (Å²) in [7, 11) is 0. The summed E-state index contributed by atoms with van der Waals surface area (Å²) in [5.41, 5.74) is 1.33. The highest BCUT2D eigenvalue weighted by molar-refractivity contribution is 5.92. The van der Waals surface area contributed by atoms with E-state index in [1.165, 1.54) is 24.3 Å². The Balaban J connectivity index is 1.74. The van der Waals surface area contributed by atoms with Crippen LogP contribution in [-0.4, -0.2) is 10.9 Å². The summed E-state index contributed by atoms with van der Waals surface area (Å²) in [6, 6.07) is 19.0. The van der Waals surface area contributed by atoms with Crippen LogP contribution in [0.5, 0.6) is 0 Å². The third-order valence-corrected chi connectivity index (χ3v) is 4.07. The number of carbonyl (C=O) groups excluding carboxylic acids is 1. The summed E-state index contributed by atoms with van der Waals surface area (Å²) < 4.78 is 37.8. The zero-order valence-electron chi connectivity index (χ0n) is 14.7. The Morgan fingerprint density at radius 3 is 2.21 bits per heavy atom. The van der Waals surface area contributed by atoms with E-state index in [0.29, 0.717) is 11.3 Å². The van der Waals surface area contributed by atoms with Gasteiger partial charge in [0.15, 0.2) is 0 Å². The van der Waals surface area contributed by atoms with Crippen molar-refractivity contribution >= 4 is 12.0 Å². The lowest BCUT2D eigenvalue weighted by Gasteiger charge is -2.17. The van der Waals surface area contributed by atoms with E-state index in [1.807, 2.05) is 42.5 Å². The van der Waals surface area contributed by atoms with Crippen molar-refractivity contribution in [2.75, 3.05) is 0 Å². The molecule has 2 aromatic carbocycles. The minimum Gasteiger partial charge on any atom is -0.340 e. The molecule has 1 aromatic heterocycles. The van der Waals surface area contributed by atoms with Gasteiger partial charge in [-0.15, -0.1) is 0 Å². The maximum absolute atomic E-state index is 12.6. The van der Waals surface area contributed by atoms with Crippen molar-refractivity contribution in [3.05, 3.63) is 107 Å². The maximum Gasteiger partial charge on any atom is 0.416 e. The number of rotatable bonds is 5. The second kappa shape index (κ2) is 8.52. The van der Waals surface area contributed by atoms with Gasteiger partial charge in [0.05, 0.1) is 17.3 Å². The lowest BCUT2D eigenvalue weighted by Crippen LogP contribution is -2.28. The lowest BCUT2D eigenvalue weighted by atomic mass is 10.0. The fourth-order valence-electron chi connectivity index (χ4n) is 2.67. The monoisotopic (exact) mass is 382 g/mol. The molecule has 3 nitrogen and oxygen atoms in total. The molecular formula is C22H17F3N2O. The Morgan fingerprint density at radius 2 is 1.61 bits per heavy atom. The second-order valence-corrected chi connectivity index (χ2v) is 6.06. The van der Waals surface area contributed by atoms with Crippen LogP contribution in [-0.2, 0) is 11.0 Å². The van der Waals surface area contributed by atoms with E-state index in [-0.39, 0.29) is 5.91 Å². The highest BCUT2D eigenvalue weighted by Gasteiger charge is 2.29. The largest absolute Gasteiger partial charge is 0.416 e. The lowest BCUT2D eigenvalue weighted by molar-refractivity contribution is -0.137. The smallest absolute Gasteiger partial charge is 0.340 e. The third-order valence-electron chi connectivity index (χ3n) is 4.07. The molecule has 1 N–H and O–H groups in total. The van der Waals surface area contributed by atoms with E-state index in [9.17, 15) is 18.0 Å². The van der Waals surface area contributed by atoms with E-state index in [2.05, 4.69) is 10.3 Å². The number of aromatic nitrogens is 1. The Morgan fingerprint density at radius 1 is 0.929 bits per heavy atom. The summed E-state index contributed by atoms with van der Waals surface area (Å²) >= 11 is 0. The Kier molecular flexibility index (Phi) is 5.89. The molecule has 1 unspecified atom stereocenters. The molecule has 0 radical (unpaired) electrons. The third kappa shape index (κ3) is 5.07. The van der Waals surface area contributed by atoms with Crippen molar-refractivity contribution in [2.24, 2.45) is 0 Å². The predicted octanol–water partition coefficient (Wildman–Crippen LogP) is 5.02. The quantitative estimate of drug-likeness (QED) is 0.630. The van der Waals surface area contributed by atoms with E-state index in [1.54, 1.807) is 12.3 Å². The molecule has 6 heteroatoms. The van der Waals surface area contributed by atoms with Crippen molar-refractivity contribution in [3.63, 3.8) is 0 Å². The first-order chi connectivity index (χ1) is 13.4. The average molecular weight is 382 g/mol. The van der Waals surface area contributed by atoms with E-state index in [4.69, 9.17) is 0 Å². The molecule has 0 saturated carbocycles. The van der Waals surface area contributed by atoms with Crippen LogP contribution in [0.2, 0.25) is 0 Å². The van der Waals surface area contributed by atoms with Crippen molar-refractivity contribution in [1.82, 2.24) is 10.3 Å². The Bertz CT molecular complexity index is 898. The van der Waals surface area contributed by atoms with Gasteiger partial charge >= 0.3 is 6.18 Å². The summed E-state index contributed by atoms with van der Waals surface area (Å²) in [6.45, 7) is 0. The van der Waals surface area contributed by atoms with Gasteiger partial charge in [0.2, 0.25) is 5.91 Å². The molecule has 1 amide bonds. The van der Waals surface area contributed by atoms with Crippen LogP contribution < -0.4 is 5.32 Å². The average Bonchev–Trinajstić information content (AvgIpc) is 2.71. The maximum atomic E-state index is 12.6. The number of carbonyl (C=O) groups is 1. The van der Waals surface area contributed by atoms with Crippen LogP contribution in [0.25, 0.3) is 6.08 Å². The minimum absolute atomic E-state index is 0.376. The molecule has 0 aliphatic heterocycles. The predicted molar refractivity (Wildman–Crippen MR) is 101 cm³/mol. The normalized spacial score (nSPS) is 12.7. The summed E-state index contributed by atoms with van der Waals surface area (Å²) in [6.07, 6.45) is 0.0259. The van der Waals surface area contributed by atoms with Crippen molar-refractivity contribution in [3.8, 4) is 0 Å². The molecule has 0 saturated heterocycles. The second-order valence-electron chi connectivity index (χ2n) is 6.06. The number of hydrogen-bond donors (Lipinski definition) is 1. The number of nitrogens with zero attached hydrogens (tertiary/aromatic N) is 1. The number of nitrogens with one attached hydrogen (secondary N) is 1. The van der Waals surface area contributed by atoms with Crippen molar-refractivity contribution in [1.29, 1.82) is 0 Å². The van der Waals surface area contributed by atoms with Crippen LogP contribution in [0.3, 0.4) is 0 Å². The van der Waals surface area contributed by atoms with Crippen LogP contribution >= 0.6 is 0 Å². The van der Waals surface area contributed by atoms with Crippen LogP contribution in [0, 0.1) is 0 Å². The van der Waals surface area contributed by atoms with Crippen molar-refractivity contribution < 1.29 is 18.0 Å². The molecule has 0 aliphatic carbocycles. The van der Waals surface area contributed by atoms with Gasteiger partial charge in [-0.25, -0.2) is 0 Å². The molecule has 1 atom stereocenters. The highest BCUT2D eigenvalue weighted by atomic mass is 19.4. The number of hydrogen-bond acceptors (Lipinski definition) is 2. The Hall–Kier alpha value is -3.41. The van der Waals surface area contributed by atoms with E-state index < -0.39 is 17.8 Å². The van der Waals surface area contributed by atoms with Crippen LogP contribution in [0.1, 0.15) is 28.4 Å². The summed E-state index contributed by atoms with van der Waals surface area (Å²) in [4.78, 5) is 16.7. The number of amides is 1. The van der Waals surface area contributed by atoms with E-state index >= 15 is 0 Å². The first-order valence-electron chi connectivity index (χ1n) is 8.55. The SMILES string of the molecule is O=C(/C=C/c1ccc(C(F)(F)F)cc1)NC(c1ccccc1)c1ccccn1. The van der Waals surface area contributed by atoms with Gasteiger partial charge in [-0.3, -0.25) is 9.78 Å². The van der Waals surface area contributed by atoms with Crippen molar-refractivity contribution in [2.45, 2.75) is 12.2 Å². The molecule has 3 aromatic rings. The number of benzene rings is 2. The van der Waals surface area contributed by atoms with Gasteiger partial charge in [-0.2, -0.15) is 13.2 Å². The first-order valence-corrected chi connectivity index (χ1v) is 8.55. The minimum atomic E-state index is -4.38. The summed E-state index contributed by atoms with van der Waals surface area (Å²) in [5.74, 6) is -0.376. The van der Waals surface area contributed by atoms with Gasteiger partial charge in [0.1, 0.15) is 0 Å². The van der Waals surface area contributed by atoms with Gasteiger partial charge in [0.25, 0.3) is 0 Å². The molecule has 0 spiro atoms. The van der Waals surface area contributed by atoms with Crippen LogP contribution in [0.4, 0.5) is 13.2 Å². The first kappa shape index (κ1) is 19.4. The van der Waals surface area contributed by atoms with Gasteiger partial charge in [-0.1, -0.05) is 48.5 Å². The Labute approximate surface area is 160 Å². The fraction of sp³-hybridized carbons (Fsp3) is 0.0909. The number of halogens is 3. The summed E-state index contributed by atoms with van der Waals surface area (Å²) in [5, 5.41) is 2.89. The molecule has 3 rings (SSSR count).